The summed E-state index contributed by atoms with van der Waals surface area (Å²) in [6.45, 7) is 4.87. The number of aryl methyl sites for hydroxylation is 3. The summed E-state index contributed by atoms with van der Waals surface area (Å²) in [6.07, 6.45) is 1.61. The van der Waals surface area contributed by atoms with Crippen molar-refractivity contribution in [2.24, 2.45) is 0 Å². The quantitative estimate of drug-likeness (QED) is 0.576. The number of carbonyl (C=O) groups excluding carboxylic acids is 1. The van der Waals surface area contributed by atoms with Crippen LogP contribution in [0.3, 0.4) is 0 Å². The molecule has 0 saturated heterocycles. The van der Waals surface area contributed by atoms with E-state index in [1.165, 1.54) is 16.9 Å². The molecule has 1 unspecified atom stereocenters. The molecular weight excluding hydrogens is 416 g/mol. The van der Waals surface area contributed by atoms with Crippen LogP contribution >= 0.6 is 11.3 Å². The zero-order valence-corrected chi connectivity index (χ0v) is 18.7. The smallest absolute Gasteiger partial charge is 0.295 e. The van der Waals surface area contributed by atoms with E-state index in [1.54, 1.807) is 14.0 Å². The lowest BCUT2D eigenvalue weighted by molar-refractivity contribution is 0.0994. The van der Waals surface area contributed by atoms with Gasteiger partial charge in [0.15, 0.2) is 11.0 Å². The summed E-state index contributed by atoms with van der Waals surface area (Å²) in [6, 6.07) is 6.12. The number of hydrogen-bond donors (Lipinski definition) is 2. The van der Waals surface area contributed by atoms with E-state index in [2.05, 4.69) is 21.4 Å². The number of anilines is 2. The Balaban J connectivity index is 1.51. The number of thiazole rings is 1. The van der Waals surface area contributed by atoms with E-state index in [0.717, 1.165) is 23.4 Å². The fraction of sp³-hybridized carbons (Fsp3) is 0.409. The van der Waals surface area contributed by atoms with Gasteiger partial charge >= 0.3 is 0 Å². The Morgan fingerprint density at radius 2 is 2.26 bits per heavy atom. The van der Waals surface area contributed by atoms with Crippen LogP contribution < -0.4 is 10.2 Å². The van der Waals surface area contributed by atoms with Crippen LogP contribution in [0.4, 0.5) is 10.8 Å². The Hall–Kier alpha value is -2.75. The van der Waals surface area contributed by atoms with Gasteiger partial charge in [0.1, 0.15) is 6.23 Å². The Labute approximate surface area is 184 Å². The molecule has 1 amide bonds. The second-order valence-electron chi connectivity index (χ2n) is 7.42. The normalized spacial score (nSPS) is 15.7. The Morgan fingerprint density at radius 3 is 3.00 bits per heavy atom. The number of amides is 1. The average molecular weight is 443 g/mol. The molecule has 3 heterocycles. The standard InChI is InChI=1S/C22H26N4O4S/c1-4-18-23-13(2)20(30-18)21(28)25-22-24-16(12-31-22)14-5-7-17-15(11-14)6-8-19(27)26(17)9-10-29-3/h5,7,11-12,19,27H,4,6,8-10H2,1-3H3,(H,24,25,28). The van der Waals surface area contributed by atoms with Gasteiger partial charge in [-0.05, 0) is 37.5 Å². The van der Waals surface area contributed by atoms with Gasteiger partial charge in [0.25, 0.3) is 5.91 Å². The van der Waals surface area contributed by atoms with Crippen molar-refractivity contribution in [3.8, 4) is 11.3 Å². The SMILES string of the molecule is CCc1nc(C)c(C(=O)Nc2nc(-c3ccc4c(c3)CCC(O)N4CCOC)cs2)o1. The third-order valence-electron chi connectivity index (χ3n) is 5.33. The number of aromatic nitrogens is 2. The highest BCUT2D eigenvalue weighted by atomic mass is 32.1. The van der Waals surface area contributed by atoms with Gasteiger partial charge in [0.2, 0.25) is 5.76 Å². The predicted molar refractivity (Wildman–Crippen MR) is 120 cm³/mol. The summed E-state index contributed by atoms with van der Waals surface area (Å²) in [4.78, 5) is 23.3. The van der Waals surface area contributed by atoms with Crippen LogP contribution in [-0.4, -0.2) is 47.5 Å². The van der Waals surface area contributed by atoms with Crippen molar-refractivity contribution < 1.29 is 19.1 Å². The lowest BCUT2D eigenvalue weighted by Crippen LogP contribution is -2.41. The summed E-state index contributed by atoms with van der Waals surface area (Å²) < 4.78 is 10.7. The highest BCUT2D eigenvalue weighted by Gasteiger charge is 2.25. The van der Waals surface area contributed by atoms with Crippen LogP contribution in [0.1, 0.15) is 41.0 Å². The second kappa shape index (κ2) is 9.17. The van der Waals surface area contributed by atoms with Crippen molar-refractivity contribution in [3.05, 3.63) is 46.5 Å². The molecule has 1 aromatic carbocycles. The van der Waals surface area contributed by atoms with Crippen molar-refractivity contribution in [1.29, 1.82) is 0 Å². The summed E-state index contributed by atoms with van der Waals surface area (Å²) in [5.74, 6) is 0.414. The van der Waals surface area contributed by atoms with Gasteiger partial charge in [0, 0.05) is 36.7 Å². The van der Waals surface area contributed by atoms with Crippen molar-refractivity contribution in [1.82, 2.24) is 9.97 Å². The molecule has 1 atom stereocenters. The largest absolute Gasteiger partial charge is 0.435 e. The maximum Gasteiger partial charge on any atom is 0.295 e. The van der Waals surface area contributed by atoms with E-state index in [1.807, 2.05) is 29.3 Å². The molecule has 1 aliphatic rings. The number of hydrogen-bond acceptors (Lipinski definition) is 8. The fourth-order valence-electron chi connectivity index (χ4n) is 3.72. The minimum Gasteiger partial charge on any atom is -0.435 e. The van der Waals surface area contributed by atoms with Crippen LogP contribution in [0.5, 0.6) is 0 Å². The number of aliphatic hydroxyl groups excluding tert-OH is 1. The number of nitrogens with one attached hydrogen (secondary N) is 1. The average Bonchev–Trinajstić information content (AvgIpc) is 3.39. The molecule has 8 nitrogen and oxygen atoms in total. The summed E-state index contributed by atoms with van der Waals surface area (Å²) in [5, 5.41) is 15.6. The molecule has 3 aromatic rings. The Kier molecular flexibility index (Phi) is 6.35. The molecular formula is C22H26N4O4S. The van der Waals surface area contributed by atoms with Crippen LogP contribution in [0.2, 0.25) is 0 Å². The number of aliphatic hydroxyl groups is 1. The number of fused-ring (bicyclic) bond motifs is 1. The molecule has 0 fully saturated rings. The molecule has 4 rings (SSSR count). The van der Waals surface area contributed by atoms with Crippen molar-refractivity contribution in [2.75, 3.05) is 30.5 Å². The predicted octanol–water partition coefficient (Wildman–Crippen LogP) is 3.64. The first-order valence-electron chi connectivity index (χ1n) is 10.3. The van der Waals surface area contributed by atoms with Gasteiger partial charge < -0.3 is 19.2 Å². The topological polar surface area (TPSA) is 101 Å². The maximum atomic E-state index is 12.5. The molecule has 0 bridgehead atoms. The number of benzene rings is 1. The molecule has 0 radical (unpaired) electrons. The third-order valence-corrected chi connectivity index (χ3v) is 6.08. The Morgan fingerprint density at radius 1 is 1.42 bits per heavy atom. The molecule has 0 saturated carbocycles. The number of ether oxygens (including phenoxy) is 1. The maximum absolute atomic E-state index is 12.5. The van der Waals surface area contributed by atoms with Gasteiger partial charge in [-0.25, -0.2) is 9.97 Å². The number of oxazole rings is 1. The molecule has 2 aromatic heterocycles. The zero-order chi connectivity index (χ0) is 22.0. The molecule has 164 valence electrons. The minimum atomic E-state index is -0.498. The molecule has 1 aliphatic heterocycles. The van der Waals surface area contributed by atoms with Gasteiger partial charge in [-0.3, -0.25) is 10.1 Å². The first kappa shape index (κ1) is 21.5. The van der Waals surface area contributed by atoms with Gasteiger partial charge in [-0.1, -0.05) is 13.0 Å². The molecule has 9 heteroatoms. The Bertz CT molecular complexity index is 1080. The van der Waals surface area contributed by atoms with E-state index >= 15 is 0 Å². The highest BCUT2D eigenvalue weighted by Crippen LogP contribution is 2.34. The number of rotatable bonds is 7. The van der Waals surface area contributed by atoms with Gasteiger partial charge in [0.05, 0.1) is 18.0 Å². The van der Waals surface area contributed by atoms with E-state index < -0.39 is 6.23 Å². The number of carbonyl (C=O) groups is 1. The van der Waals surface area contributed by atoms with E-state index in [0.29, 0.717) is 42.7 Å². The second-order valence-corrected chi connectivity index (χ2v) is 8.27. The number of nitrogens with zero attached hydrogens (tertiary/aromatic N) is 3. The van der Waals surface area contributed by atoms with Crippen LogP contribution in [0, 0.1) is 6.92 Å². The van der Waals surface area contributed by atoms with E-state index in [4.69, 9.17) is 9.15 Å². The molecule has 0 spiro atoms. The summed E-state index contributed by atoms with van der Waals surface area (Å²) >= 11 is 1.36. The highest BCUT2D eigenvalue weighted by molar-refractivity contribution is 7.14. The lowest BCUT2D eigenvalue weighted by atomic mass is 9.97. The molecule has 31 heavy (non-hydrogen) atoms. The van der Waals surface area contributed by atoms with Gasteiger partial charge in [-0.2, -0.15) is 0 Å². The minimum absolute atomic E-state index is 0.220. The van der Waals surface area contributed by atoms with Crippen molar-refractivity contribution in [2.45, 2.75) is 39.3 Å². The van der Waals surface area contributed by atoms with Crippen molar-refractivity contribution >= 4 is 28.1 Å². The molecule has 0 aliphatic carbocycles. The van der Waals surface area contributed by atoms with Gasteiger partial charge in [-0.15, -0.1) is 11.3 Å². The van der Waals surface area contributed by atoms with Crippen LogP contribution in [0.25, 0.3) is 11.3 Å². The van der Waals surface area contributed by atoms with Crippen LogP contribution in [0.15, 0.2) is 28.0 Å². The lowest BCUT2D eigenvalue weighted by Gasteiger charge is -2.35. The zero-order valence-electron chi connectivity index (χ0n) is 17.8. The number of methoxy groups -OCH3 is 1. The first-order chi connectivity index (χ1) is 15.0. The third kappa shape index (κ3) is 4.48. The monoisotopic (exact) mass is 442 g/mol. The summed E-state index contributed by atoms with van der Waals surface area (Å²) in [5.41, 5.74) is 4.53. The van der Waals surface area contributed by atoms with Crippen molar-refractivity contribution in [3.63, 3.8) is 0 Å². The van der Waals surface area contributed by atoms with E-state index in [-0.39, 0.29) is 11.7 Å². The van der Waals surface area contributed by atoms with E-state index in [9.17, 15) is 9.90 Å². The van der Waals surface area contributed by atoms with Crippen LogP contribution in [-0.2, 0) is 17.6 Å². The first-order valence-corrected chi connectivity index (χ1v) is 11.2. The fourth-order valence-corrected chi connectivity index (χ4v) is 4.43. The summed E-state index contributed by atoms with van der Waals surface area (Å²) in [7, 11) is 1.66. The molecule has 2 N–H and O–H groups in total.